The number of carbonyl (C=O) groups is 1. The van der Waals surface area contributed by atoms with E-state index < -0.39 is 0 Å². The molecule has 0 unspecified atom stereocenters. The highest BCUT2D eigenvalue weighted by Crippen LogP contribution is 2.30. The van der Waals surface area contributed by atoms with Crippen molar-refractivity contribution in [1.82, 2.24) is 20.4 Å². The van der Waals surface area contributed by atoms with Crippen molar-refractivity contribution in [2.75, 3.05) is 7.11 Å². The Morgan fingerprint density at radius 2 is 2.03 bits per heavy atom. The van der Waals surface area contributed by atoms with Gasteiger partial charge in [0.25, 0.3) is 11.6 Å². The Morgan fingerprint density at radius 1 is 1.21 bits per heavy atom. The van der Waals surface area contributed by atoms with Gasteiger partial charge >= 0.3 is 0 Å². The first-order valence-corrected chi connectivity index (χ1v) is 9.08. The zero-order valence-corrected chi connectivity index (χ0v) is 16.6. The van der Waals surface area contributed by atoms with Crippen molar-refractivity contribution >= 4 is 17.0 Å². The smallest absolute Gasteiger partial charge is 0.259 e. The number of aromatic nitrogens is 3. The topological polar surface area (TPSA) is 103 Å². The first-order chi connectivity index (χ1) is 14.0. The molecule has 4 rings (SSSR count). The van der Waals surface area contributed by atoms with Gasteiger partial charge in [0.05, 0.1) is 29.4 Å². The van der Waals surface area contributed by atoms with E-state index in [9.17, 15) is 4.79 Å². The normalized spacial score (nSPS) is 11.0. The average Bonchev–Trinajstić information content (AvgIpc) is 3.27. The molecule has 8 nitrogen and oxygen atoms in total. The van der Waals surface area contributed by atoms with E-state index in [0.29, 0.717) is 40.5 Å². The van der Waals surface area contributed by atoms with Crippen LogP contribution in [-0.2, 0) is 6.54 Å². The minimum atomic E-state index is -0.251. The number of aryl methyl sites for hydroxylation is 3. The lowest BCUT2D eigenvalue weighted by Gasteiger charge is -2.08. The Hall–Kier alpha value is -3.68. The molecule has 4 aromatic rings. The fourth-order valence-corrected chi connectivity index (χ4v) is 3.21. The highest BCUT2D eigenvalue weighted by atomic mass is 16.5. The minimum absolute atomic E-state index is 0.251. The number of methoxy groups -OCH3 is 1. The summed E-state index contributed by atoms with van der Waals surface area (Å²) < 4.78 is 16.0. The third kappa shape index (κ3) is 3.56. The molecule has 0 saturated heterocycles. The second-order valence-electron chi connectivity index (χ2n) is 6.72. The Kier molecular flexibility index (Phi) is 4.75. The van der Waals surface area contributed by atoms with Crippen molar-refractivity contribution in [2.45, 2.75) is 27.3 Å². The van der Waals surface area contributed by atoms with E-state index in [1.165, 1.54) is 0 Å². The number of carbonyl (C=O) groups excluding carboxylic acids is 1. The van der Waals surface area contributed by atoms with Gasteiger partial charge in [-0.15, -0.1) is 0 Å². The van der Waals surface area contributed by atoms with Gasteiger partial charge in [0.2, 0.25) is 5.88 Å². The Morgan fingerprint density at radius 3 is 2.69 bits per heavy atom. The van der Waals surface area contributed by atoms with Crippen LogP contribution < -0.4 is 10.1 Å². The Balaban J connectivity index is 1.68. The van der Waals surface area contributed by atoms with Gasteiger partial charge in [0, 0.05) is 24.4 Å². The maximum absolute atomic E-state index is 13.0. The van der Waals surface area contributed by atoms with Crippen LogP contribution in [0.25, 0.3) is 22.4 Å². The van der Waals surface area contributed by atoms with Crippen LogP contribution in [0.3, 0.4) is 0 Å². The molecule has 1 amide bonds. The van der Waals surface area contributed by atoms with Gasteiger partial charge in [0.1, 0.15) is 11.5 Å². The highest BCUT2D eigenvalue weighted by molar-refractivity contribution is 6.07. The molecular weight excluding hydrogens is 372 g/mol. The Bertz CT molecular complexity index is 1190. The van der Waals surface area contributed by atoms with E-state index in [-0.39, 0.29) is 5.91 Å². The SMILES string of the molecule is COc1ccc(CNC(=O)c2cc(-c3cc(C)oc3C)nc3onc(C)c23)cn1. The molecule has 4 heterocycles. The summed E-state index contributed by atoms with van der Waals surface area (Å²) in [5, 5.41) is 7.49. The molecule has 0 atom stereocenters. The molecule has 0 radical (unpaired) electrons. The molecular formula is C21H20N4O4. The van der Waals surface area contributed by atoms with E-state index >= 15 is 0 Å². The molecule has 8 heteroatoms. The van der Waals surface area contributed by atoms with Crippen LogP contribution in [0.4, 0.5) is 0 Å². The first-order valence-electron chi connectivity index (χ1n) is 9.08. The maximum Gasteiger partial charge on any atom is 0.259 e. The molecule has 0 bridgehead atoms. The van der Waals surface area contributed by atoms with Gasteiger partial charge in [-0.25, -0.2) is 9.97 Å². The molecule has 0 spiro atoms. The molecule has 0 aliphatic rings. The van der Waals surface area contributed by atoms with E-state index in [0.717, 1.165) is 22.6 Å². The highest BCUT2D eigenvalue weighted by Gasteiger charge is 2.21. The van der Waals surface area contributed by atoms with Crippen molar-refractivity contribution in [1.29, 1.82) is 0 Å². The number of nitrogens with one attached hydrogen (secondary N) is 1. The number of amides is 1. The second-order valence-corrected chi connectivity index (χ2v) is 6.72. The molecule has 0 aromatic carbocycles. The predicted octanol–water partition coefficient (Wildman–Crippen LogP) is 3.74. The van der Waals surface area contributed by atoms with Gasteiger partial charge in [-0.2, -0.15) is 0 Å². The van der Waals surface area contributed by atoms with Gasteiger partial charge < -0.3 is 19.0 Å². The first kappa shape index (κ1) is 18.7. The van der Waals surface area contributed by atoms with Crippen LogP contribution in [-0.4, -0.2) is 28.1 Å². The summed E-state index contributed by atoms with van der Waals surface area (Å²) in [5.41, 5.74) is 3.63. The lowest BCUT2D eigenvalue weighted by atomic mass is 10.1. The number of hydrogen-bond acceptors (Lipinski definition) is 7. The van der Waals surface area contributed by atoms with Crippen LogP contribution in [0.15, 0.2) is 39.4 Å². The predicted molar refractivity (Wildman–Crippen MR) is 106 cm³/mol. The van der Waals surface area contributed by atoms with Crippen molar-refractivity contribution in [3.8, 4) is 17.1 Å². The van der Waals surface area contributed by atoms with Gasteiger partial charge in [-0.1, -0.05) is 11.2 Å². The zero-order valence-electron chi connectivity index (χ0n) is 16.6. The number of pyridine rings is 2. The van der Waals surface area contributed by atoms with Crippen molar-refractivity contribution < 1.29 is 18.5 Å². The number of hydrogen-bond donors (Lipinski definition) is 1. The lowest BCUT2D eigenvalue weighted by molar-refractivity contribution is 0.0952. The van der Waals surface area contributed by atoms with Crippen LogP contribution in [0.1, 0.15) is 33.1 Å². The van der Waals surface area contributed by atoms with E-state index in [1.54, 1.807) is 32.4 Å². The fourth-order valence-electron chi connectivity index (χ4n) is 3.21. The molecule has 148 valence electrons. The molecule has 0 aliphatic heterocycles. The monoisotopic (exact) mass is 392 g/mol. The summed E-state index contributed by atoms with van der Waals surface area (Å²) in [6.45, 7) is 5.83. The largest absolute Gasteiger partial charge is 0.481 e. The molecule has 0 saturated carbocycles. The van der Waals surface area contributed by atoms with E-state index in [2.05, 4.69) is 20.4 Å². The zero-order chi connectivity index (χ0) is 20.5. The van der Waals surface area contributed by atoms with Gasteiger partial charge in [-0.05, 0) is 38.5 Å². The lowest BCUT2D eigenvalue weighted by Crippen LogP contribution is -2.23. The number of ether oxygens (including phenoxy) is 1. The quantitative estimate of drug-likeness (QED) is 0.552. The number of furan rings is 1. The molecule has 0 fully saturated rings. The van der Waals surface area contributed by atoms with Crippen LogP contribution in [0.2, 0.25) is 0 Å². The third-order valence-corrected chi connectivity index (χ3v) is 4.64. The number of fused-ring (bicyclic) bond motifs is 1. The van der Waals surface area contributed by atoms with Gasteiger partial charge in [-0.3, -0.25) is 4.79 Å². The van der Waals surface area contributed by atoms with Crippen molar-refractivity contribution in [3.05, 3.63) is 58.8 Å². The molecule has 0 aliphatic carbocycles. The van der Waals surface area contributed by atoms with Crippen LogP contribution >= 0.6 is 0 Å². The van der Waals surface area contributed by atoms with Crippen LogP contribution in [0, 0.1) is 20.8 Å². The number of nitrogens with zero attached hydrogens (tertiary/aromatic N) is 3. The summed E-state index contributed by atoms with van der Waals surface area (Å²) in [4.78, 5) is 21.7. The summed E-state index contributed by atoms with van der Waals surface area (Å²) in [6.07, 6.45) is 1.66. The summed E-state index contributed by atoms with van der Waals surface area (Å²) >= 11 is 0. The Labute approximate surface area is 166 Å². The third-order valence-electron chi connectivity index (χ3n) is 4.64. The summed E-state index contributed by atoms with van der Waals surface area (Å²) in [6, 6.07) is 7.23. The van der Waals surface area contributed by atoms with Crippen molar-refractivity contribution in [2.24, 2.45) is 0 Å². The van der Waals surface area contributed by atoms with Gasteiger partial charge in [0.15, 0.2) is 0 Å². The fraction of sp³-hybridized carbons (Fsp3) is 0.238. The minimum Gasteiger partial charge on any atom is -0.481 e. The van der Waals surface area contributed by atoms with E-state index in [1.807, 2.05) is 26.0 Å². The van der Waals surface area contributed by atoms with Crippen LogP contribution in [0.5, 0.6) is 5.88 Å². The average molecular weight is 392 g/mol. The van der Waals surface area contributed by atoms with E-state index in [4.69, 9.17) is 13.7 Å². The number of rotatable bonds is 5. The summed E-state index contributed by atoms with van der Waals surface area (Å²) in [5.74, 6) is 1.76. The standard InChI is InChI=1S/C21H20N4O4/c1-11-7-15(13(3)28-11)17-8-16(19-12(2)25-29-21(19)24-17)20(26)23-10-14-5-6-18(27-4)22-9-14/h5-9H,10H2,1-4H3,(H,23,26). The maximum atomic E-state index is 13.0. The molecule has 1 N–H and O–H groups in total. The molecule has 29 heavy (non-hydrogen) atoms. The second kappa shape index (κ2) is 7.38. The summed E-state index contributed by atoms with van der Waals surface area (Å²) in [7, 11) is 1.56. The van der Waals surface area contributed by atoms with Crippen molar-refractivity contribution in [3.63, 3.8) is 0 Å². The molecule has 4 aromatic heterocycles.